The van der Waals surface area contributed by atoms with Crippen molar-refractivity contribution in [2.75, 3.05) is 6.54 Å². The van der Waals surface area contributed by atoms with Gasteiger partial charge in [0.1, 0.15) is 10.0 Å². The Morgan fingerprint density at radius 2 is 1.81 bits per heavy atom. The summed E-state index contributed by atoms with van der Waals surface area (Å²) in [6.07, 6.45) is 2.43. The summed E-state index contributed by atoms with van der Waals surface area (Å²) in [7, 11) is -3.37. The second kappa shape index (κ2) is 7.15. The molecule has 0 fully saturated rings. The first-order chi connectivity index (χ1) is 9.97. The summed E-state index contributed by atoms with van der Waals surface area (Å²) < 4.78 is 39.7. The molecule has 0 atom stereocenters. The normalized spacial score (nSPS) is 11.7. The SMILES string of the molecule is Cc1ccc(S(=O)(=O)NCCCCc2ccc(F)cc2)s1. The van der Waals surface area contributed by atoms with Crippen LogP contribution in [0.5, 0.6) is 0 Å². The number of aryl methyl sites for hydroxylation is 2. The van der Waals surface area contributed by atoms with Gasteiger partial charge in [0, 0.05) is 11.4 Å². The fourth-order valence-electron chi connectivity index (χ4n) is 1.94. The van der Waals surface area contributed by atoms with Gasteiger partial charge >= 0.3 is 0 Å². The number of hydrogen-bond acceptors (Lipinski definition) is 3. The van der Waals surface area contributed by atoms with E-state index in [1.54, 1.807) is 24.3 Å². The standard InChI is InChI=1S/C15H18FNO2S2/c1-12-5-10-15(20-12)21(18,19)17-11-3-2-4-13-6-8-14(16)9-7-13/h5-10,17H,2-4,11H2,1H3. The molecular weight excluding hydrogens is 309 g/mol. The molecule has 0 aliphatic carbocycles. The van der Waals surface area contributed by atoms with Crippen LogP contribution < -0.4 is 4.72 Å². The molecular formula is C15H18FNO2S2. The van der Waals surface area contributed by atoms with Crippen LogP contribution in [0.25, 0.3) is 0 Å². The highest BCUT2D eigenvalue weighted by atomic mass is 32.2. The zero-order chi connectivity index (χ0) is 15.3. The van der Waals surface area contributed by atoms with Gasteiger partial charge in [-0.2, -0.15) is 0 Å². The lowest BCUT2D eigenvalue weighted by Gasteiger charge is -2.05. The minimum absolute atomic E-state index is 0.238. The first-order valence-corrected chi connectivity index (χ1v) is 9.08. The molecule has 1 aromatic carbocycles. The smallest absolute Gasteiger partial charge is 0.210 e. The van der Waals surface area contributed by atoms with E-state index in [0.29, 0.717) is 10.8 Å². The summed E-state index contributed by atoms with van der Waals surface area (Å²) in [5, 5.41) is 0. The Balaban J connectivity index is 1.73. The van der Waals surface area contributed by atoms with E-state index in [2.05, 4.69) is 4.72 Å². The molecule has 0 amide bonds. The first-order valence-electron chi connectivity index (χ1n) is 6.78. The highest BCUT2D eigenvalue weighted by molar-refractivity contribution is 7.91. The van der Waals surface area contributed by atoms with Gasteiger partial charge in [-0.15, -0.1) is 11.3 Å². The number of rotatable bonds is 7. The van der Waals surface area contributed by atoms with E-state index in [-0.39, 0.29) is 5.82 Å². The zero-order valence-corrected chi connectivity index (χ0v) is 13.4. The maximum Gasteiger partial charge on any atom is 0.250 e. The van der Waals surface area contributed by atoms with Gasteiger partial charge in [-0.25, -0.2) is 17.5 Å². The number of nitrogens with one attached hydrogen (secondary N) is 1. The van der Waals surface area contributed by atoms with Crippen LogP contribution >= 0.6 is 11.3 Å². The van der Waals surface area contributed by atoms with Crippen molar-refractivity contribution in [3.8, 4) is 0 Å². The molecule has 1 heterocycles. The largest absolute Gasteiger partial charge is 0.250 e. The molecule has 21 heavy (non-hydrogen) atoms. The molecule has 0 aliphatic heterocycles. The van der Waals surface area contributed by atoms with E-state index in [1.807, 2.05) is 6.92 Å². The Kier molecular flexibility index (Phi) is 5.50. The molecule has 0 unspecified atom stereocenters. The van der Waals surface area contributed by atoms with Crippen molar-refractivity contribution in [1.82, 2.24) is 4.72 Å². The topological polar surface area (TPSA) is 46.2 Å². The van der Waals surface area contributed by atoms with Crippen LogP contribution in [0.4, 0.5) is 4.39 Å². The van der Waals surface area contributed by atoms with E-state index < -0.39 is 10.0 Å². The molecule has 114 valence electrons. The van der Waals surface area contributed by atoms with E-state index in [9.17, 15) is 12.8 Å². The highest BCUT2D eigenvalue weighted by Gasteiger charge is 2.14. The highest BCUT2D eigenvalue weighted by Crippen LogP contribution is 2.20. The lowest BCUT2D eigenvalue weighted by molar-refractivity contribution is 0.578. The summed E-state index contributed by atoms with van der Waals surface area (Å²) in [5.41, 5.74) is 1.06. The molecule has 2 rings (SSSR count). The van der Waals surface area contributed by atoms with Crippen LogP contribution in [0.15, 0.2) is 40.6 Å². The Morgan fingerprint density at radius 1 is 1.10 bits per heavy atom. The third-order valence-corrected chi connectivity index (χ3v) is 6.03. The molecule has 0 radical (unpaired) electrons. The van der Waals surface area contributed by atoms with Gasteiger partial charge in [-0.3, -0.25) is 0 Å². The minimum atomic E-state index is -3.37. The maximum absolute atomic E-state index is 12.7. The summed E-state index contributed by atoms with van der Waals surface area (Å²) >= 11 is 1.27. The molecule has 1 N–H and O–H groups in total. The number of halogens is 1. The maximum atomic E-state index is 12.7. The minimum Gasteiger partial charge on any atom is -0.210 e. The second-order valence-electron chi connectivity index (χ2n) is 4.85. The Bertz CT molecular complexity index is 678. The van der Waals surface area contributed by atoms with Crippen molar-refractivity contribution in [1.29, 1.82) is 0 Å². The Labute approximate surface area is 128 Å². The predicted molar refractivity (Wildman–Crippen MR) is 83.6 cm³/mol. The van der Waals surface area contributed by atoms with Crippen LogP contribution in [-0.4, -0.2) is 15.0 Å². The van der Waals surface area contributed by atoms with Crippen LogP contribution in [0.3, 0.4) is 0 Å². The van der Waals surface area contributed by atoms with Crippen LogP contribution in [-0.2, 0) is 16.4 Å². The van der Waals surface area contributed by atoms with Gasteiger partial charge < -0.3 is 0 Å². The molecule has 0 saturated carbocycles. The molecule has 2 aromatic rings. The summed E-state index contributed by atoms with van der Waals surface area (Å²) in [4.78, 5) is 0.978. The summed E-state index contributed by atoms with van der Waals surface area (Å²) in [6.45, 7) is 2.30. The summed E-state index contributed by atoms with van der Waals surface area (Å²) in [5.74, 6) is -0.238. The Morgan fingerprint density at radius 3 is 2.43 bits per heavy atom. The van der Waals surface area contributed by atoms with E-state index in [0.717, 1.165) is 29.7 Å². The number of hydrogen-bond donors (Lipinski definition) is 1. The number of benzene rings is 1. The Hall–Kier alpha value is -1.24. The third kappa shape index (κ3) is 4.91. The average Bonchev–Trinajstić information content (AvgIpc) is 2.88. The fourth-order valence-corrected chi connectivity index (χ4v) is 4.34. The van der Waals surface area contributed by atoms with Gasteiger partial charge in [0.15, 0.2) is 0 Å². The number of unbranched alkanes of at least 4 members (excludes halogenated alkanes) is 1. The predicted octanol–water partition coefficient (Wildman–Crippen LogP) is 3.50. The zero-order valence-electron chi connectivity index (χ0n) is 11.8. The van der Waals surface area contributed by atoms with Crippen molar-refractivity contribution in [2.45, 2.75) is 30.4 Å². The van der Waals surface area contributed by atoms with Gasteiger partial charge in [-0.05, 0) is 56.0 Å². The van der Waals surface area contributed by atoms with E-state index in [1.165, 1.54) is 23.5 Å². The number of sulfonamides is 1. The van der Waals surface area contributed by atoms with Crippen LogP contribution in [0, 0.1) is 12.7 Å². The van der Waals surface area contributed by atoms with Gasteiger partial charge in [-0.1, -0.05) is 12.1 Å². The molecule has 0 spiro atoms. The van der Waals surface area contributed by atoms with Crippen molar-refractivity contribution in [3.63, 3.8) is 0 Å². The van der Waals surface area contributed by atoms with Gasteiger partial charge in [0.25, 0.3) is 0 Å². The first kappa shape index (κ1) is 16.1. The van der Waals surface area contributed by atoms with Crippen molar-refractivity contribution < 1.29 is 12.8 Å². The van der Waals surface area contributed by atoms with E-state index in [4.69, 9.17) is 0 Å². The lowest BCUT2D eigenvalue weighted by atomic mass is 10.1. The van der Waals surface area contributed by atoms with E-state index >= 15 is 0 Å². The second-order valence-corrected chi connectivity index (χ2v) is 8.13. The lowest BCUT2D eigenvalue weighted by Crippen LogP contribution is -2.24. The molecule has 1 aromatic heterocycles. The van der Waals surface area contributed by atoms with Gasteiger partial charge in [0.2, 0.25) is 10.0 Å². The van der Waals surface area contributed by atoms with Crippen LogP contribution in [0.2, 0.25) is 0 Å². The van der Waals surface area contributed by atoms with Crippen molar-refractivity contribution in [3.05, 3.63) is 52.7 Å². The molecule has 0 aliphatic rings. The fraction of sp³-hybridized carbons (Fsp3) is 0.333. The third-order valence-electron chi connectivity index (χ3n) is 3.08. The summed E-state index contributed by atoms with van der Waals surface area (Å²) in [6, 6.07) is 9.82. The van der Waals surface area contributed by atoms with Crippen molar-refractivity contribution in [2.24, 2.45) is 0 Å². The monoisotopic (exact) mass is 327 g/mol. The molecule has 3 nitrogen and oxygen atoms in total. The molecule has 6 heteroatoms. The molecule has 0 bridgehead atoms. The number of thiophene rings is 1. The van der Waals surface area contributed by atoms with Gasteiger partial charge in [0.05, 0.1) is 0 Å². The van der Waals surface area contributed by atoms with Crippen molar-refractivity contribution >= 4 is 21.4 Å². The average molecular weight is 327 g/mol. The molecule has 0 saturated heterocycles. The van der Waals surface area contributed by atoms with Crippen LogP contribution in [0.1, 0.15) is 23.3 Å². The quantitative estimate of drug-likeness (QED) is 0.791.